The maximum atomic E-state index is 4.49. The highest BCUT2D eigenvalue weighted by atomic mass is 32.1. The van der Waals surface area contributed by atoms with Gasteiger partial charge in [-0.25, -0.2) is 0 Å². The molecule has 2 nitrogen and oxygen atoms in total. The molecule has 0 atom stereocenters. The summed E-state index contributed by atoms with van der Waals surface area (Å²) in [5.74, 6) is 0. The Morgan fingerprint density at radius 3 is 3.38 bits per heavy atom. The molecule has 0 fully saturated rings. The molecule has 1 aromatic carbocycles. The third kappa shape index (κ3) is 1.08. The van der Waals surface area contributed by atoms with Gasteiger partial charge in [0.25, 0.3) is 0 Å². The third-order valence-electron chi connectivity index (χ3n) is 2.51. The lowest BCUT2D eigenvalue weighted by atomic mass is 10.1. The van der Waals surface area contributed by atoms with E-state index in [1.165, 1.54) is 21.3 Å². The third-order valence-corrected chi connectivity index (χ3v) is 3.36. The van der Waals surface area contributed by atoms with E-state index in [2.05, 4.69) is 27.9 Å². The molecule has 2 aromatic rings. The molecule has 2 heterocycles. The van der Waals surface area contributed by atoms with Gasteiger partial charge in [-0.3, -0.25) is 0 Å². The van der Waals surface area contributed by atoms with E-state index in [9.17, 15) is 0 Å². The van der Waals surface area contributed by atoms with Crippen LogP contribution in [0.1, 0.15) is 11.3 Å². The van der Waals surface area contributed by atoms with Crippen LogP contribution in [0.25, 0.3) is 10.1 Å². The number of benzene rings is 1. The predicted molar refractivity (Wildman–Crippen MR) is 55.0 cm³/mol. The summed E-state index contributed by atoms with van der Waals surface area (Å²) in [4.78, 5) is 0. The minimum Gasteiger partial charge on any atom is -0.312 e. The molecule has 0 spiro atoms. The van der Waals surface area contributed by atoms with Gasteiger partial charge in [-0.2, -0.15) is 4.37 Å². The van der Waals surface area contributed by atoms with Crippen LogP contribution in [0.4, 0.5) is 0 Å². The monoisotopic (exact) mass is 190 g/mol. The minimum atomic E-state index is 0.989. The Bertz CT molecular complexity index is 447. The van der Waals surface area contributed by atoms with Crippen molar-refractivity contribution in [1.29, 1.82) is 0 Å². The molecule has 0 bridgehead atoms. The van der Waals surface area contributed by atoms with Crippen molar-refractivity contribution in [2.24, 2.45) is 0 Å². The van der Waals surface area contributed by atoms with Crippen molar-refractivity contribution >= 4 is 21.6 Å². The minimum absolute atomic E-state index is 0.989. The number of nitrogens with zero attached hydrogens (tertiary/aromatic N) is 1. The quantitative estimate of drug-likeness (QED) is 0.686. The van der Waals surface area contributed by atoms with Crippen LogP contribution < -0.4 is 5.32 Å². The number of hydrogen-bond acceptors (Lipinski definition) is 3. The topological polar surface area (TPSA) is 24.9 Å². The zero-order chi connectivity index (χ0) is 8.67. The maximum absolute atomic E-state index is 4.49. The van der Waals surface area contributed by atoms with Crippen LogP contribution in [0.3, 0.4) is 0 Å². The molecule has 1 N–H and O–H groups in total. The molecular weight excluding hydrogens is 180 g/mol. The second kappa shape index (κ2) is 2.79. The Balaban J connectivity index is 2.40. The van der Waals surface area contributed by atoms with Crippen molar-refractivity contribution in [3.05, 3.63) is 29.5 Å². The van der Waals surface area contributed by atoms with Crippen molar-refractivity contribution in [2.45, 2.75) is 13.0 Å². The fourth-order valence-electron chi connectivity index (χ4n) is 1.88. The summed E-state index contributed by atoms with van der Waals surface area (Å²) in [6.07, 6.45) is 1.07. The van der Waals surface area contributed by atoms with Gasteiger partial charge in [-0.15, -0.1) is 0 Å². The molecule has 1 aromatic heterocycles. The summed E-state index contributed by atoms with van der Waals surface area (Å²) in [7, 11) is 0. The molecule has 0 radical (unpaired) electrons. The molecule has 0 unspecified atom stereocenters. The van der Waals surface area contributed by atoms with Crippen molar-refractivity contribution < 1.29 is 0 Å². The molecule has 3 heteroatoms. The average Bonchev–Trinajstić information content (AvgIpc) is 2.44. The normalized spacial score (nSPS) is 16.0. The van der Waals surface area contributed by atoms with Gasteiger partial charge in [-0.1, -0.05) is 12.1 Å². The number of aromatic nitrogens is 1. The van der Waals surface area contributed by atoms with Crippen LogP contribution in [0.2, 0.25) is 0 Å². The highest BCUT2D eigenvalue weighted by Crippen LogP contribution is 2.27. The van der Waals surface area contributed by atoms with Gasteiger partial charge in [0.1, 0.15) is 0 Å². The molecule has 0 amide bonds. The number of hydrogen-bond donors (Lipinski definition) is 1. The van der Waals surface area contributed by atoms with Gasteiger partial charge in [0, 0.05) is 24.9 Å². The lowest BCUT2D eigenvalue weighted by Gasteiger charge is -1.99. The summed E-state index contributed by atoms with van der Waals surface area (Å²) in [6, 6.07) is 6.47. The Hall–Kier alpha value is -0.930. The highest BCUT2D eigenvalue weighted by molar-refractivity contribution is 7.13. The first kappa shape index (κ1) is 7.47. The number of nitrogens with one attached hydrogen (secondary N) is 1. The Labute approximate surface area is 80.8 Å². The summed E-state index contributed by atoms with van der Waals surface area (Å²) >= 11 is 1.62. The van der Waals surface area contributed by atoms with E-state index in [4.69, 9.17) is 0 Å². The van der Waals surface area contributed by atoms with Gasteiger partial charge < -0.3 is 5.32 Å². The van der Waals surface area contributed by atoms with E-state index in [1.807, 2.05) is 0 Å². The first-order valence-electron chi connectivity index (χ1n) is 4.52. The second-order valence-electron chi connectivity index (χ2n) is 3.35. The average molecular weight is 190 g/mol. The smallest absolute Gasteiger partial charge is 0.0636 e. The Morgan fingerprint density at radius 1 is 1.38 bits per heavy atom. The van der Waals surface area contributed by atoms with Crippen molar-refractivity contribution in [1.82, 2.24) is 9.69 Å². The molecule has 0 saturated carbocycles. The van der Waals surface area contributed by atoms with Crippen molar-refractivity contribution in [3.8, 4) is 0 Å². The van der Waals surface area contributed by atoms with Crippen LogP contribution in [-0.2, 0) is 13.0 Å². The van der Waals surface area contributed by atoms with Gasteiger partial charge in [0.05, 0.1) is 10.4 Å². The lowest BCUT2D eigenvalue weighted by Crippen LogP contribution is -2.13. The fourth-order valence-corrected chi connectivity index (χ4v) is 2.75. The van der Waals surface area contributed by atoms with E-state index in [-0.39, 0.29) is 0 Å². The second-order valence-corrected chi connectivity index (χ2v) is 4.15. The van der Waals surface area contributed by atoms with E-state index in [1.54, 1.807) is 11.5 Å². The van der Waals surface area contributed by atoms with Gasteiger partial charge >= 0.3 is 0 Å². The van der Waals surface area contributed by atoms with Gasteiger partial charge in [0.2, 0.25) is 0 Å². The van der Waals surface area contributed by atoms with E-state index in [0.29, 0.717) is 0 Å². The fraction of sp³-hybridized carbons (Fsp3) is 0.300. The molecule has 3 rings (SSSR count). The van der Waals surface area contributed by atoms with Gasteiger partial charge in [-0.05, 0) is 23.2 Å². The largest absolute Gasteiger partial charge is 0.312 e. The van der Waals surface area contributed by atoms with Crippen LogP contribution in [0, 0.1) is 0 Å². The van der Waals surface area contributed by atoms with E-state index < -0.39 is 0 Å². The zero-order valence-electron chi connectivity index (χ0n) is 7.21. The molecule has 66 valence electrons. The van der Waals surface area contributed by atoms with Crippen LogP contribution >= 0.6 is 11.5 Å². The lowest BCUT2D eigenvalue weighted by molar-refractivity contribution is 0.699. The molecule has 1 aliphatic rings. The Morgan fingerprint density at radius 2 is 2.38 bits per heavy atom. The first-order chi connectivity index (χ1) is 6.45. The molecule has 1 aliphatic heterocycles. The van der Waals surface area contributed by atoms with Crippen LogP contribution in [-0.4, -0.2) is 10.9 Å². The molecular formula is C10H10N2S. The maximum Gasteiger partial charge on any atom is 0.0636 e. The molecule has 13 heavy (non-hydrogen) atoms. The summed E-state index contributed by atoms with van der Waals surface area (Å²) in [5.41, 5.74) is 2.68. The van der Waals surface area contributed by atoms with Crippen molar-refractivity contribution in [3.63, 3.8) is 0 Å². The summed E-state index contributed by atoms with van der Waals surface area (Å²) < 4.78 is 5.82. The highest BCUT2D eigenvalue weighted by Gasteiger charge is 2.12. The Kier molecular flexibility index (Phi) is 1.60. The summed E-state index contributed by atoms with van der Waals surface area (Å²) in [6.45, 7) is 2.04. The SMILES string of the molecule is c1cc2c3c(nsc3c1)CCNC2. The van der Waals surface area contributed by atoms with Crippen LogP contribution in [0.15, 0.2) is 18.2 Å². The van der Waals surface area contributed by atoms with E-state index in [0.717, 1.165) is 19.5 Å². The van der Waals surface area contributed by atoms with Crippen LogP contribution in [0.5, 0.6) is 0 Å². The standard InChI is InChI=1S/C10H10N2S/c1-2-7-6-11-5-4-8-10(7)9(3-1)13-12-8/h1-3,11H,4-6H2. The van der Waals surface area contributed by atoms with E-state index >= 15 is 0 Å². The summed E-state index contributed by atoms with van der Waals surface area (Å²) in [5, 5.41) is 4.81. The molecule has 0 aliphatic carbocycles. The molecule has 0 saturated heterocycles. The zero-order valence-corrected chi connectivity index (χ0v) is 8.03. The number of rotatable bonds is 0. The van der Waals surface area contributed by atoms with Crippen molar-refractivity contribution in [2.75, 3.05) is 6.54 Å². The predicted octanol–water partition coefficient (Wildman–Crippen LogP) is 1.94. The van der Waals surface area contributed by atoms with Gasteiger partial charge in [0.15, 0.2) is 0 Å². The first-order valence-corrected chi connectivity index (χ1v) is 5.29.